The van der Waals surface area contributed by atoms with E-state index in [9.17, 15) is 4.79 Å². The summed E-state index contributed by atoms with van der Waals surface area (Å²) in [4.78, 5) is 28.5. The molecule has 0 spiro atoms. The fraction of sp³-hybridized carbons (Fsp3) is 0.357. The SMILES string of the molecule is CC(C)NC(=O)COc1cccc(-c2nc(Nc3ccc4c(c3)C=NC4)cc(N3CCCNCC3)n2)c1. The molecule has 37 heavy (non-hydrogen) atoms. The number of anilines is 3. The van der Waals surface area contributed by atoms with Crippen molar-refractivity contribution in [2.45, 2.75) is 32.9 Å². The standard InChI is InChI=1S/C28H33N7O2/c1-19(2)31-27(36)18-37-24-6-3-5-20(14-24)28-33-25(15-26(34-28)35-11-4-9-29-10-12-35)32-23-8-7-21-16-30-17-22(21)13-23/h3,5-8,13-15,17,19,29H,4,9-12,16,18H2,1-2H3,(H,31,36)(H,32,33,34). The molecule has 2 aliphatic heterocycles. The van der Waals surface area contributed by atoms with E-state index >= 15 is 0 Å². The molecule has 5 rings (SSSR count). The van der Waals surface area contributed by atoms with Gasteiger partial charge in [0.2, 0.25) is 0 Å². The Labute approximate surface area is 217 Å². The summed E-state index contributed by atoms with van der Waals surface area (Å²) in [6, 6.07) is 15.9. The van der Waals surface area contributed by atoms with Crippen LogP contribution in [0.3, 0.4) is 0 Å². The smallest absolute Gasteiger partial charge is 0.258 e. The van der Waals surface area contributed by atoms with Crippen molar-refractivity contribution in [2.24, 2.45) is 4.99 Å². The Bertz CT molecular complexity index is 1280. The normalized spacial score (nSPS) is 14.8. The molecule has 2 aromatic carbocycles. The van der Waals surface area contributed by atoms with Crippen LogP contribution in [0.15, 0.2) is 53.5 Å². The van der Waals surface area contributed by atoms with Crippen LogP contribution in [0.5, 0.6) is 5.75 Å². The molecule has 0 radical (unpaired) electrons. The average Bonchev–Trinajstić information content (AvgIpc) is 3.18. The molecule has 0 unspecified atom stereocenters. The topological polar surface area (TPSA) is 104 Å². The largest absolute Gasteiger partial charge is 0.484 e. The predicted molar refractivity (Wildman–Crippen MR) is 147 cm³/mol. The summed E-state index contributed by atoms with van der Waals surface area (Å²) in [6.45, 7) is 8.24. The van der Waals surface area contributed by atoms with E-state index in [0.29, 0.717) is 11.6 Å². The molecule has 1 saturated heterocycles. The van der Waals surface area contributed by atoms with Crippen molar-refractivity contribution in [3.05, 3.63) is 59.7 Å². The Morgan fingerprint density at radius 2 is 2.03 bits per heavy atom. The number of amides is 1. The Hall–Kier alpha value is -3.98. The van der Waals surface area contributed by atoms with E-state index in [0.717, 1.165) is 67.6 Å². The molecule has 0 atom stereocenters. The molecular formula is C28H33N7O2. The van der Waals surface area contributed by atoms with Gasteiger partial charge < -0.3 is 25.6 Å². The summed E-state index contributed by atoms with van der Waals surface area (Å²) in [5, 5.41) is 9.76. The van der Waals surface area contributed by atoms with E-state index in [-0.39, 0.29) is 18.6 Å². The number of carbonyl (C=O) groups is 1. The van der Waals surface area contributed by atoms with E-state index in [1.54, 1.807) is 0 Å². The first-order valence-corrected chi connectivity index (χ1v) is 12.8. The van der Waals surface area contributed by atoms with Crippen LogP contribution in [-0.2, 0) is 11.3 Å². The van der Waals surface area contributed by atoms with E-state index in [4.69, 9.17) is 14.7 Å². The van der Waals surface area contributed by atoms with Crippen molar-refractivity contribution >= 4 is 29.4 Å². The van der Waals surface area contributed by atoms with Gasteiger partial charge in [-0.25, -0.2) is 9.97 Å². The molecule has 192 valence electrons. The van der Waals surface area contributed by atoms with Gasteiger partial charge in [0.25, 0.3) is 5.91 Å². The maximum Gasteiger partial charge on any atom is 0.258 e. The molecule has 3 heterocycles. The highest BCUT2D eigenvalue weighted by Gasteiger charge is 2.16. The van der Waals surface area contributed by atoms with E-state index in [1.165, 1.54) is 5.56 Å². The Kier molecular flexibility index (Phi) is 7.60. The van der Waals surface area contributed by atoms with Gasteiger partial charge in [0.15, 0.2) is 12.4 Å². The number of ether oxygens (including phenoxy) is 1. The van der Waals surface area contributed by atoms with Gasteiger partial charge in [-0.15, -0.1) is 0 Å². The molecule has 9 heteroatoms. The molecule has 9 nitrogen and oxygen atoms in total. The van der Waals surface area contributed by atoms with Crippen LogP contribution < -0.4 is 25.6 Å². The number of nitrogens with one attached hydrogen (secondary N) is 3. The first kappa shape index (κ1) is 24.7. The molecule has 1 aromatic heterocycles. The molecule has 0 bridgehead atoms. The van der Waals surface area contributed by atoms with Gasteiger partial charge >= 0.3 is 0 Å². The monoisotopic (exact) mass is 499 g/mol. The second-order valence-electron chi connectivity index (χ2n) is 9.57. The van der Waals surface area contributed by atoms with Gasteiger partial charge in [0, 0.05) is 49.2 Å². The molecule has 0 saturated carbocycles. The minimum atomic E-state index is -0.153. The number of fused-ring (bicyclic) bond motifs is 1. The highest BCUT2D eigenvalue weighted by atomic mass is 16.5. The van der Waals surface area contributed by atoms with Crippen molar-refractivity contribution in [3.63, 3.8) is 0 Å². The second kappa shape index (κ2) is 11.4. The minimum absolute atomic E-state index is 0.0439. The fourth-order valence-corrected chi connectivity index (χ4v) is 4.43. The molecule has 1 amide bonds. The predicted octanol–water partition coefficient (Wildman–Crippen LogP) is 3.52. The van der Waals surface area contributed by atoms with Gasteiger partial charge in [-0.3, -0.25) is 9.79 Å². The van der Waals surface area contributed by atoms with Crippen LogP contribution in [0, 0.1) is 0 Å². The summed E-state index contributed by atoms with van der Waals surface area (Å²) in [6.07, 6.45) is 2.96. The molecular weight excluding hydrogens is 466 g/mol. The fourth-order valence-electron chi connectivity index (χ4n) is 4.43. The van der Waals surface area contributed by atoms with Crippen molar-refractivity contribution in [3.8, 4) is 17.1 Å². The summed E-state index contributed by atoms with van der Waals surface area (Å²) in [5.41, 5.74) is 4.13. The molecule has 1 fully saturated rings. The van der Waals surface area contributed by atoms with Crippen LogP contribution in [-0.4, -0.2) is 60.9 Å². The number of hydrogen-bond donors (Lipinski definition) is 3. The summed E-state index contributed by atoms with van der Waals surface area (Å²) in [5.74, 6) is 2.63. The number of hydrogen-bond acceptors (Lipinski definition) is 8. The van der Waals surface area contributed by atoms with Gasteiger partial charge in [0.1, 0.15) is 17.4 Å². The lowest BCUT2D eigenvalue weighted by atomic mass is 10.1. The van der Waals surface area contributed by atoms with Crippen molar-refractivity contribution in [2.75, 3.05) is 43.0 Å². The quantitative estimate of drug-likeness (QED) is 0.436. The van der Waals surface area contributed by atoms with Crippen molar-refractivity contribution in [1.82, 2.24) is 20.6 Å². The average molecular weight is 500 g/mol. The minimum Gasteiger partial charge on any atom is -0.484 e. The third kappa shape index (κ3) is 6.42. The first-order valence-electron chi connectivity index (χ1n) is 12.8. The molecule has 2 aliphatic rings. The number of aliphatic imine (C=N–C) groups is 1. The molecule has 3 aromatic rings. The Morgan fingerprint density at radius 1 is 1.11 bits per heavy atom. The zero-order chi connectivity index (χ0) is 25.6. The second-order valence-corrected chi connectivity index (χ2v) is 9.57. The van der Waals surface area contributed by atoms with Crippen LogP contribution in [0.25, 0.3) is 11.4 Å². The first-order chi connectivity index (χ1) is 18.0. The van der Waals surface area contributed by atoms with Gasteiger partial charge in [0.05, 0.1) is 6.54 Å². The third-order valence-corrected chi connectivity index (χ3v) is 6.20. The van der Waals surface area contributed by atoms with E-state index in [1.807, 2.05) is 50.4 Å². The maximum atomic E-state index is 12.0. The number of aromatic nitrogens is 2. The number of carbonyl (C=O) groups excluding carboxylic acids is 1. The van der Waals surface area contributed by atoms with Crippen LogP contribution >= 0.6 is 0 Å². The van der Waals surface area contributed by atoms with E-state index < -0.39 is 0 Å². The number of nitrogens with zero attached hydrogens (tertiary/aromatic N) is 4. The number of benzene rings is 2. The zero-order valence-corrected chi connectivity index (χ0v) is 21.3. The molecule has 0 aliphatic carbocycles. The highest BCUT2D eigenvalue weighted by Crippen LogP contribution is 2.28. The lowest BCUT2D eigenvalue weighted by Crippen LogP contribution is -2.34. The van der Waals surface area contributed by atoms with Gasteiger partial charge in [-0.2, -0.15) is 0 Å². The van der Waals surface area contributed by atoms with E-state index in [2.05, 4.69) is 44.0 Å². The van der Waals surface area contributed by atoms with Gasteiger partial charge in [-0.1, -0.05) is 18.2 Å². The summed E-state index contributed by atoms with van der Waals surface area (Å²) < 4.78 is 5.75. The Morgan fingerprint density at radius 3 is 2.92 bits per heavy atom. The highest BCUT2D eigenvalue weighted by molar-refractivity contribution is 5.86. The number of rotatable bonds is 8. The van der Waals surface area contributed by atoms with Crippen LogP contribution in [0.1, 0.15) is 31.4 Å². The van der Waals surface area contributed by atoms with Crippen LogP contribution in [0.2, 0.25) is 0 Å². The Balaban J connectivity index is 1.43. The van der Waals surface area contributed by atoms with Crippen molar-refractivity contribution in [1.29, 1.82) is 0 Å². The summed E-state index contributed by atoms with van der Waals surface area (Å²) in [7, 11) is 0. The summed E-state index contributed by atoms with van der Waals surface area (Å²) >= 11 is 0. The lowest BCUT2D eigenvalue weighted by Gasteiger charge is -2.22. The zero-order valence-electron chi connectivity index (χ0n) is 21.3. The van der Waals surface area contributed by atoms with Crippen LogP contribution in [0.4, 0.5) is 17.3 Å². The lowest BCUT2D eigenvalue weighted by molar-refractivity contribution is -0.123. The van der Waals surface area contributed by atoms with Crippen molar-refractivity contribution < 1.29 is 9.53 Å². The van der Waals surface area contributed by atoms with Gasteiger partial charge in [-0.05, 0) is 62.2 Å². The third-order valence-electron chi connectivity index (χ3n) is 6.20. The molecule has 3 N–H and O–H groups in total. The maximum absolute atomic E-state index is 12.0.